The van der Waals surface area contributed by atoms with E-state index in [-0.39, 0.29) is 17.6 Å². The highest BCUT2D eigenvalue weighted by Gasteiger charge is 2.33. The van der Waals surface area contributed by atoms with Crippen molar-refractivity contribution in [3.05, 3.63) is 89.5 Å². The molecule has 4 rings (SSSR count). The van der Waals surface area contributed by atoms with Gasteiger partial charge < -0.3 is 14.6 Å². The smallest absolute Gasteiger partial charge is 0.126 e. The molecule has 25 heavy (non-hydrogen) atoms. The molecule has 3 aromatic carbocycles. The Labute approximate surface area is 147 Å². The lowest BCUT2D eigenvalue weighted by molar-refractivity contribution is 0.247. The zero-order valence-electron chi connectivity index (χ0n) is 14.1. The van der Waals surface area contributed by atoms with Crippen LogP contribution in [0, 0.1) is 0 Å². The Bertz CT molecular complexity index is 856. The summed E-state index contributed by atoms with van der Waals surface area (Å²) in [6.45, 7) is 0.607. The number of methoxy groups -OCH3 is 1. The summed E-state index contributed by atoms with van der Waals surface area (Å²) in [4.78, 5) is 0. The van der Waals surface area contributed by atoms with Gasteiger partial charge in [-0.3, -0.25) is 0 Å². The van der Waals surface area contributed by atoms with E-state index in [1.165, 1.54) is 11.1 Å². The lowest BCUT2D eigenvalue weighted by atomic mass is 9.76. The molecule has 0 fully saturated rings. The molecule has 0 aliphatic carbocycles. The summed E-state index contributed by atoms with van der Waals surface area (Å²) in [6.07, 6.45) is 0. The molecule has 0 aromatic heterocycles. The third kappa shape index (κ3) is 2.93. The fourth-order valence-electron chi connectivity index (χ4n) is 3.60. The second kappa shape index (κ2) is 6.52. The lowest BCUT2D eigenvalue weighted by Crippen LogP contribution is -2.25. The number of phenolic OH excluding ortho intramolecular Hbond substituents is 1. The number of phenols is 1. The van der Waals surface area contributed by atoms with Gasteiger partial charge in [-0.05, 0) is 29.3 Å². The first-order chi connectivity index (χ1) is 12.3. The number of ether oxygens (including phenoxy) is 2. The quantitative estimate of drug-likeness (QED) is 0.755. The highest BCUT2D eigenvalue weighted by atomic mass is 16.5. The van der Waals surface area contributed by atoms with Crippen LogP contribution in [0.2, 0.25) is 0 Å². The van der Waals surface area contributed by atoms with Crippen LogP contribution in [-0.4, -0.2) is 18.8 Å². The first-order valence-corrected chi connectivity index (χ1v) is 8.41. The third-order valence-corrected chi connectivity index (χ3v) is 4.86. The van der Waals surface area contributed by atoms with E-state index in [0.29, 0.717) is 6.61 Å². The average Bonchev–Trinajstić information content (AvgIpc) is 2.68. The van der Waals surface area contributed by atoms with Gasteiger partial charge in [0.05, 0.1) is 13.7 Å². The molecule has 1 aliphatic heterocycles. The molecule has 2 unspecified atom stereocenters. The number of hydrogen-bond donors (Lipinski definition) is 1. The minimum absolute atomic E-state index is 0.164. The van der Waals surface area contributed by atoms with Crippen LogP contribution in [0.15, 0.2) is 72.8 Å². The number of benzene rings is 3. The van der Waals surface area contributed by atoms with Crippen molar-refractivity contribution in [2.75, 3.05) is 13.7 Å². The Balaban J connectivity index is 1.84. The van der Waals surface area contributed by atoms with Gasteiger partial charge in [0, 0.05) is 23.5 Å². The van der Waals surface area contributed by atoms with Gasteiger partial charge in [0.25, 0.3) is 0 Å². The van der Waals surface area contributed by atoms with Crippen LogP contribution in [0.25, 0.3) is 0 Å². The van der Waals surface area contributed by atoms with Crippen LogP contribution >= 0.6 is 0 Å². The average molecular weight is 332 g/mol. The van der Waals surface area contributed by atoms with Gasteiger partial charge in [-0.15, -0.1) is 0 Å². The van der Waals surface area contributed by atoms with Crippen molar-refractivity contribution >= 4 is 0 Å². The van der Waals surface area contributed by atoms with E-state index >= 15 is 0 Å². The van der Waals surface area contributed by atoms with E-state index in [0.717, 1.165) is 17.1 Å². The molecule has 1 heterocycles. The summed E-state index contributed by atoms with van der Waals surface area (Å²) in [7, 11) is 1.66. The van der Waals surface area contributed by atoms with Crippen LogP contribution in [0.1, 0.15) is 28.5 Å². The molecule has 1 N–H and O–H groups in total. The van der Waals surface area contributed by atoms with Gasteiger partial charge in [-0.25, -0.2) is 0 Å². The Kier molecular flexibility index (Phi) is 4.06. The summed E-state index contributed by atoms with van der Waals surface area (Å²) >= 11 is 0. The van der Waals surface area contributed by atoms with Gasteiger partial charge in [0.2, 0.25) is 0 Å². The largest absolute Gasteiger partial charge is 0.508 e. The van der Waals surface area contributed by atoms with E-state index in [1.807, 2.05) is 30.3 Å². The van der Waals surface area contributed by atoms with Crippen molar-refractivity contribution in [1.29, 1.82) is 0 Å². The van der Waals surface area contributed by atoms with Crippen molar-refractivity contribution in [2.45, 2.75) is 11.8 Å². The molecular formula is C22H20O3. The summed E-state index contributed by atoms with van der Waals surface area (Å²) in [5, 5.41) is 9.66. The standard InChI is InChI=1S/C22H20O3/c1-24-18-11-12-19-21(13-18)25-14-20(15-5-3-2-4-6-15)22(19)16-7-9-17(23)10-8-16/h2-13,20,22-23H,14H2,1H3. The second-order valence-corrected chi connectivity index (χ2v) is 6.30. The maximum absolute atomic E-state index is 9.66. The third-order valence-electron chi connectivity index (χ3n) is 4.86. The molecule has 0 spiro atoms. The maximum Gasteiger partial charge on any atom is 0.126 e. The van der Waals surface area contributed by atoms with E-state index < -0.39 is 0 Å². The van der Waals surface area contributed by atoms with Gasteiger partial charge in [-0.1, -0.05) is 48.5 Å². The van der Waals surface area contributed by atoms with Crippen molar-refractivity contribution < 1.29 is 14.6 Å². The molecule has 3 aromatic rings. The van der Waals surface area contributed by atoms with Gasteiger partial charge in [0.1, 0.15) is 17.2 Å². The van der Waals surface area contributed by atoms with Crippen LogP contribution in [0.4, 0.5) is 0 Å². The van der Waals surface area contributed by atoms with Crippen LogP contribution in [0.5, 0.6) is 17.2 Å². The number of hydrogen-bond acceptors (Lipinski definition) is 3. The molecule has 0 saturated carbocycles. The number of aromatic hydroxyl groups is 1. The molecule has 0 bridgehead atoms. The predicted octanol–water partition coefficient (Wildman–Crippen LogP) is 4.71. The highest BCUT2D eigenvalue weighted by Crippen LogP contribution is 2.47. The fourth-order valence-corrected chi connectivity index (χ4v) is 3.60. The van der Waals surface area contributed by atoms with Gasteiger partial charge in [0.15, 0.2) is 0 Å². The molecule has 0 radical (unpaired) electrons. The minimum atomic E-state index is 0.164. The van der Waals surface area contributed by atoms with Gasteiger partial charge >= 0.3 is 0 Å². The van der Waals surface area contributed by atoms with E-state index in [2.05, 4.69) is 30.3 Å². The number of fused-ring (bicyclic) bond motifs is 1. The van der Waals surface area contributed by atoms with Crippen molar-refractivity contribution in [3.63, 3.8) is 0 Å². The maximum atomic E-state index is 9.66. The molecule has 1 aliphatic rings. The molecule has 0 saturated heterocycles. The lowest BCUT2D eigenvalue weighted by Gasteiger charge is -2.34. The number of rotatable bonds is 3. The highest BCUT2D eigenvalue weighted by molar-refractivity contribution is 5.51. The Morgan fingerprint density at radius 3 is 2.40 bits per heavy atom. The summed E-state index contributed by atoms with van der Waals surface area (Å²) < 4.78 is 11.4. The topological polar surface area (TPSA) is 38.7 Å². The zero-order chi connectivity index (χ0) is 17.2. The van der Waals surface area contributed by atoms with E-state index in [9.17, 15) is 5.11 Å². The monoisotopic (exact) mass is 332 g/mol. The molecule has 3 nitrogen and oxygen atoms in total. The molecule has 3 heteroatoms. The minimum Gasteiger partial charge on any atom is -0.508 e. The second-order valence-electron chi connectivity index (χ2n) is 6.30. The fraction of sp³-hybridized carbons (Fsp3) is 0.182. The zero-order valence-corrected chi connectivity index (χ0v) is 14.1. The van der Waals surface area contributed by atoms with Crippen molar-refractivity contribution in [1.82, 2.24) is 0 Å². The summed E-state index contributed by atoms with van der Waals surface area (Å²) in [5.41, 5.74) is 3.56. The van der Waals surface area contributed by atoms with Crippen LogP contribution in [-0.2, 0) is 0 Å². The Morgan fingerprint density at radius 2 is 1.68 bits per heavy atom. The van der Waals surface area contributed by atoms with Crippen LogP contribution < -0.4 is 9.47 Å². The SMILES string of the molecule is COc1ccc2c(c1)OCC(c1ccccc1)C2c1ccc(O)cc1. The molecule has 126 valence electrons. The van der Waals surface area contributed by atoms with E-state index in [1.54, 1.807) is 19.2 Å². The normalized spacial score (nSPS) is 18.9. The summed E-state index contributed by atoms with van der Waals surface area (Å²) in [6, 6.07) is 23.9. The Hall–Kier alpha value is -2.94. The van der Waals surface area contributed by atoms with Crippen LogP contribution in [0.3, 0.4) is 0 Å². The molecule has 0 amide bonds. The van der Waals surface area contributed by atoms with Gasteiger partial charge in [-0.2, -0.15) is 0 Å². The molecule has 2 atom stereocenters. The predicted molar refractivity (Wildman–Crippen MR) is 97.6 cm³/mol. The summed E-state index contributed by atoms with van der Waals surface area (Å²) in [5.74, 6) is 2.32. The Morgan fingerprint density at radius 1 is 0.920 bits per heavy atom. The first-order valence-electron chi connectivity index (χ1n) is 8.41. The molecular weight excluding hydrogens is 312 g/mol. The van der Waals surface area contributed by atoms with Crippen molar-refractivity contribution in [2.24, 2.45) is 0 Å². The van der Waals surface area contributed by atoms with E-state index in [4.69, 9.17) is 9.47 Å². The first kappa shape index (κ1) is 15.6. The van der Waals surface area contributed by atoms with Crippen molar-refractivity contribution in [3.8, 4) is 17.2 Å².